The first kappa shape index (κ1) is 15.6. The summed E-state index contributed by atoms with van der Waals surface area (Å²) < 4.78 is 5.81. The van der Waals surface area contributed by atoms with Gasteiger partial charge in [-0.2, -0.15) is 0 Å². The van der Waals surface area contributed by atoms with Gasteiger partial charge in [-0.3, -0.25) is 9.59 Å². The molecule has 5 nitrogen and oxygen atoms in total. The van der Waals surface area contributed by atoms with Gasteiger partial charge >= 0.3 is 0 Å². The van der Waals surface area contributed by atoms with Crippen LogP contribution in [0.2, 0.25) is 0 Å². The number of likely N-dealkylation sites (tertiary alicyclic amines) is 1. The molecule has 1 saturated carbocycles. The van der Waals surface area contributed by atoms with Gasteiger partial charge in [0.05, 0.1) is 25.0 Å². The van der Waals surface area contributed by atoms with E-state index in [0.717, 1.165) is 12.1 Å². The van der Waals surface area contributed by atoms with Gasteiger partial charge in [-0.25, -0.2) is 0 Å². The zero-order valence-electron chi connectivity index (χ0n) is 13.8. The summed E-state index contributed by atoms with van der Waals surface area (Å²) in [5.74, 6) is 0.940. The van der Waals surface area contributed by atoms with Crippen molar-refractivity contribution in [2.24, 2.45) is 17.8 Å². The summed E-state index contributed by atoms with van der Waals surface area (Å²) >= 11 is 0. The van der Waals surface area contributed by atoms with E-state index in [0.29, 0.717) is 32.0 Å². The molecule has 5 heteroatoms. The molecule has 1 N–H and O–H groups in total. The average molecular weight is 328 g/mol. The van der Waals surface area contributed by atoms with Gasteiger partial charge in [-0.15, -0.1) is 0 Å². The third kappa shape index (κ3) is 3.31. The molecule has 3 atom stereocenters. The fraction of sp³-hybridized carbons (Fsp3) is 0.579. The summed E-state index contributed by atoms with van der Waals surface area (Å²) in [5.41, 5.74) is 1.03. The first-order valence-corrected chi connectivity index (χ1v) is 8.91. The number of carbonyl (C=O) groups excluding carboxylic acids is 2. The number of hydrogen-bond acceptors (Lipinski definition) is 3. The van der Waals surface area contributed by atoms with Crippen molar-refractivity contribution in [3.63, 3.8) is 0 Å². The predicted octanol–water partition coefficient (Wildman–Crippen LogP) is 1.23. The van der Waals surface area contributed by atoms with Gasteiger partial charge in [0.2, 0.25) is 11.8 Å². The predicted molar refractivity (Wildman–Crippen MR) is 89.2 cm³/mol. The van der Waals surface area contributed by atoms with Crippen LogP contribution in [0, 0.1) is 17.8 Å². The third-order valence-electron chi connectivity index (χ3n) is 5.47. The molecule has 2 saturated heterocycles. The van der Waals surface area contributed by atoms with E-state index in [1.54, 1.807) is 0 Å². The number of amides is 2. The standard InChI is InChI=1S/C19H24N2O3/c22-18(8-13-4-2-1-3-5-13)21-10-15-16(12-24-17(15)11-21)19(23)20-9-14-6-7-14/h1-5,14-17H,6-12H2,(H,20,23)/t15-,16+,17-/m0/s1. The Morgan fingerprint density at radius 2 is 1.96 bits per heavy atom. The van der Waals surface area contributed by atoms with Crippen molar-refractivity contribution in [2.75, 3.05) is 26.2 Å². The Morgan fingerprint density at radius 1 is 1.17 bits per heavy atom. The minimum atomic E-state index is -0.108. The maximum Gasteiger partial charge on any atom is 0.227 e. The van der Waals surface area contributed by atoms with Gasteiger partial charge in [-0.1, -0.05) is 30.3 Å². The lowest BCUT2D eigenvalue weighted by Crippen LogP contribution is -2.38. The van der Waals surface area contributed by atoms with Crippen molar-refractivity contribution in [1.82, 2.24) is 10.2 Å². The van der Waals surface area contributed by atoms with Crippen molar-refractivity contribution in [2.45, 2.75) is 25.4 Å². The van der Waals surface area contributed by atoms with Crippen LogP contribution in [-0.4, -0.2) is 49.1 Å². The van der Waals surface area contributed by atoms with E-state index >= 15 is 0 Å². The molecule has 2 amide bonds. The number of ether oxygens (including phenoxy) is 1. The molecule has 1 aromatic rings. The van der Waals surface area contributed by atoms with Crippen LogP contribution in [0.3, 0.4) is 0 Å². The number of benzene rings is 1. The first-order valence-electron chi connectivity index (χ1n) is 8.91. The summed E-state index contributed by atoms with van der Waals surface area (Å²) in [6.07, 6.45) is 2.89. The van der Waals surface area contributed by atoms with Gasteiger partial charge in [0.1, 0.15) is 0 Å². The minimum Gasteiger partial charge on any atom is -0.375 e. The zero-order valence-corrected chi connectivity index (χ0v) is 13.8. The van der Waals surface area contributed by atoms with E-state index in [1.807, 2.05) is 35.2 Å². The fourth-order valence-corrected chi connectivity index (χ4v) is 3.77. The van der Waals surface area contributed by atoms with E-state index in [4.69, 9.17) is 4.74 Å². The van der Waals surface area contributed by atoms with Crippen molar-refractivity contribution in [1.29, 1.82) is 0 Å². The second-order valence-electron chi connectivity index (χ2n) is 7.29. The Kier molecular flexibility index (Phi) is 4.27. The van der Waals surface area contributed by atoms with E-state index in [9.17, 15) is 9.59 Å². The van der Waals surface area contributed by atoms with Crippen LogP contribution in [0.5, 0.6) is 0 Å². The van der Waals surface area contributed by atoms with Gasteiger partial charge in [0.25, 0.3) is 0 Å². The lowest BCUT2D eigenvalue weighted by Gasteiger charge is -2.19. The molecular weight excluding hydrogens is 304 g/mol. The van der Waals surface area contributed by atoms with Crippen LogP contribution in [0.15, 0.2) is 30.3 Å². The van der Waals surface area contributed by atoms with Crippen LogP contribution in [0.4, 0.5) is 0 Å². The van der Waals surface area contributed by atoms with Crippen LogP contribution in [0.1, 0.15) is 18.4 Å². The molecule has 1 aliphatic carbocycles. The topological polar surface area (TPSA) is 58.6 Å². The maximum absolute atomic E-state index is 12.5. The highest BCUT2D eigenvalue weighted by Gasteiger charge is 2.47. The summed E-state index contributed by atoms with van der Waals surface area (Å²) in [6, 6.07) is 9.79. The highest BCUT2D eigenvalue weighted by Crippen LogP contribution is 2.34. The molecule has 1 aromatic carbocycles. The molecular formula is C19H24N2O3. The summed E-state index contributed by atoms with van der Waals surface area (Å²) in [6.45, 7) is 2.54. The normalized spacial score (nSPS) is 28.7. The molecule has 3 fully saturated rings. The summed E-state index contributed by atoms with van der Waals surface area (Å²) in [5, 5.41) is 3.06. The molecule has 0 bridgehead atoms. The molecule has 2 aliphatic heterocycles. The largest absolute Gasteiger partial charge is 0.375 e. The first-order chi connectivity index (χ1) is 11.7. The number of fused-ring (bicyclic) bond motifs is 1. The van der Waals surface area contributed by atoms with Crippen LogP contribution >= 0.6 is 0 Å². The van der Waals surface area contributed by atoms with Crippen LogP contribution in [-0.2, 0) is 20.7 Å². The van der Waals surface area contributed by atoms with Gasteiger partial charge in [-0.05, 0) is 24.3 Å². The maximum atomic E-state index is 12.5. The average Bonchev–Trinajstić information content (AvgIpc) is 3.18. The lowest BCUT2D eigenvalue weighted by molar-refractivity contribution is -0.131. The van der Waals surface area contributed by atoms with Crippen molar-refractivity contribution >= 4 is 11.8 Å². The molecule has 0 aromatic heterocycles. The van der Waals surface area contributed by atoms with Crippen LogP contribution < -0.4 is 5.32 Å². The zero-order chi connectivity index (χ0) is 16.5. The second-order valence-corrected chi connectivity index (χ2v) is 7.29. The monoisotopic (exact) mass is 328 g/mol. The molecule has 128 valence electrons. The molecule has 2 heterocycles. The Morgan fingerprint density at radius 3 is 2.71 bits per heavy atom. The van der Waals surface area contributed by atoms with Gasteiger partial charge in [0.15, 0.2) is 0 Å². The number of carbonyl (C=O) groups is 2. The number of hydrogen-bond donors (Lipinski definition) is 1. The SMILES string of the molecule is O=C(NCC1CC1)[C@@H]1CO[C@H]2CN(C(=O)Cc3ccccc3)C[C@H]21. The molecule has 24 heavy (non-hydrogen) atoms. The quantitative estimate of drug-likeness (QED) is 0.884. The molecule has 0 unspecified atom stereocenters. The highest BCUT2D eigenvalue weighted by molar-refractivity contribution is 5.81. The number of nitrogens with zero attached hydrogens (tertiary/aromatic N) is 1. The van der Waals surface area contributed by atoms with Crippen molar-refractivity contribution in [3.05, 3.63) is 35.9 Å². The molecule has 0 spiro atoms. The minimum absolute atomic E-state index is 0.0152. The summed E-state index contributed by atoms with van der Waals surface area (Å²) in [7, 11) is 0. The highest BCUT2D eigenvalue weighted by atomic mass is 16.5. The Balaban J connectivity index is 1.33. The second kappa shape index (κ2) is 6.55. The molecule has 0 radical (unpaired) electrons. The van der Waals surface area contributed by atoms with E-state index < -0.39 is 0 Å². The molecule has 3 aliphatic rings. The van der Waals surface area contributed by atoms with E-state index in [-0.39, 0.29) is 29.8 Å². The smallest absolute Gasteiger partial charge is 0.227 e. The van der Waals surface area contributed by atoms with Gasteiger partial charge < -0.3 is 15.0 Å². The Bertz CT molecular complexity index is 614. The van der Waals surface area contributed by atoms with E-state index in [1.165, 1.54) is 12.8 Å². The van der Waals surface area contributed by atoms with Crippen molar-refractivity contribution < 1.29 is 14.3 Å². The third-order valence-corrected chi connectivity index (χ3v) is 5.47. The lowest BCUT2D eigenvalue weighted by atomic mass is 9.92. The fourth-order valence-electron chi connectivity index (χ4n) is 3.77. The Hall–Kier alpha value is -1.88. The summed E-state index contributed by atoms with van der Waals surface area (Å²) in [4.78, 5) is 26.8. The molecule has 4 rings (SSSR count). The number of nitrogens with one attached hydrogen (secondary N) is 1. The number of rotatable bonds is 5. The van der Waals surface area contributed by atoms with Crippen LogP contribution in [0.25, 0.3) is 0 Å². The van der Waals surface area contributed by atoms with Crippen molar-refractivity contribution in [3.8, 4) is 0 Å². The van der Waals surface area contributed by atoms with E-state index in [2.05, 4.69) is 5.32 Å². The Labute approximate surface area is 142 Å². The van der Waals surface area contributed by atoms with Gasteiger partial charge in [0, 0.05) is 25.6 Å².